The van der Waals surface area contributed by atoms with E-state index >= 15 is 0 Å². The van der Waals surface area contributed by atoms with Gasteiger partial charge in [0.2, 0.25) is 0 Å². The maximum atomic E-state index is 14.0. The summed E-state index contributed by atoms with van der Waals surface area (Å²) in [6, 6.07) is 11.5. The molecule has 0 spiro atoms. The van der Waals surface area contributed by atoms with Gasteiger partial charge in [0.25, 0.3) is 5.60 Å². The van der Waals surface area contributed by atoms with Crippen molar-refractivity contribution < 1.29 is 17.9 Å². The number of benzene rings is 1. The fourth-order valence-electron chi connectivity index (χ4n) is 2.72. The Morgan fingerprint density at radius 1 is 1.12 bits per heavy atom. The molecule has 7 heteroatoms. The quantitative estimate of drug-likeness (QED) is 0.768. The molecule has 0 radical (unpaired) electrons. The smallest absolute Gasteiger partial charge is 0.436 e. The minimum Gasteiger partial charge on any atom is -0.465 e. The summed E-state index contributed by atoms with van der Waals surface area (Å²) in [5.41, 5.74) is -4.51. The van der Waals surface area contributed by atoms with Gasteiger partial charge in [0.05, 0.1) is 0 Å². The third-order valence-electron chi connectivity index (χ3n) is 3.70. The predicted octanol–water partition coefficient (Wildman–Crippen LogP) is 4.01. The van der Waals surface area contributed by atoms with Gasteiger partial charge in [-0.2, -0.15) is 29.0 Å². The average Bonchev–Trinajstić information content (AvgIpc) is 2.92. The fraction of sp³-hybridized carbons (Fsp3) is 0.235. The van der Waals surface area contributed by atoms with Crippen molar-refractivity contribution in [3.63, 3.8) is 0 Å². The van der Waals surface area contributed by atoms with Crippen molar-refractivity contribution in [3.05, 3.63) is 58.4 Å². The van der Waals surface area contributed by atoms with Crippen molar-refractivity contribution in [2.45, 2.75) is 25.1 Å². The Labute approximate surface area is 136 Å². The molecule has 1 atom stereocenters. The van der Waals surface area contributed by atoms with E-state index in [4.69, 9.17) is 15.3 Å². The van der Waals surface area contributed by atoms with Crippen molar-refractivity contribution >= 4 is 0 Å². The molecule has 0 aliphatic carbocycles. The number of hydrogen-bond donors (Lipinski definition) is 0. The summed E-state index contributed by atoms with van der Waals surface area (Å²) in [5.74, 6) is -0.625. The van der Waals surface area contributed by atoms with E-state index in [-0.39, 0.29) is 17.6 Å². The third-order valence-corrected chi connectivity index (χ3v) is 3.70. The molecule has 1 aromatic carbocycles. The zero-order valence-electron chi connectivity index (χ0n) is 12.5. The van der Waals surface area contributed by atoms with Gasteiger partial charge < -0.3 is 4.74 Å². The highest BCUT2D eigenvalue weighted by Crippen LogP contribution is 2.56. The highest BCUT2D eigenvalue weighted by atomic mass is 19.4. The Hall–Kier alpha value is -3.24. The van der Waals surface area contributed by atoms with E-state index in [2.05, 4.69) is 0 Å². The molecule has 1 unspecified atom stereocenters. The third kappa shape index (κ3) is 2.30. The Bertz CT molecular complexity index is 832. The van der Waals surface area contributed by atoms with Crippen molar-refractivity contribution in [1.29, 1.82) is 15.8 Å². The fourth-order valence-corrected chi connectivity index (χ4v) is 2.72. The van der Waals surface area contributed by atoms with Gasteiger partial charge in [-0.05, 0) is 6.42 Å². The number of nitrogens with zero attached hydrogens (tertiary/aromatic N) is 3. The van der Waals surface area contributed by atoms with Crippen molar-refractivity contribution in [3.8, 4) is 18.2 Å². The lowest BCUT2D eigenvalue weighted by atomic mass is 9.83. The summed E-state index contributed by atoms with van der Waals surface area (Å²) in [6.07, 6.45) is -5.02. The number of rotatable bonds is 2. The number of ether oxygens (including phenoxy) is 1. The largest absolute Gasteiger partial charge is 0.465 e. The lowest BCUT2D eigenvalue weighted by molar-refractivity contribution is -0.250. The number of alkyl halides is 3. The van der Waals surface area contributed by atoms with Crippen LogP contribution in [-0.2, 0) is 10.3 Å². The van der Waals surface area contributed by atoms with Crippen LogP contribution >= 0.6 is 0 Å². The average molecular weight is 329 g/mol. The molecule has 24 heavy (non-hydrogen) atoms. The predicted molar refractivity (Wildman–Crippen MR) is 76.4 cm³/mol. The maximum Gasteiger partial charge on any atom is 0.436 e. The normalized spacial score (nSPS) is 20.0. The second-order valence-electron chi connectivity index (χ2n) is 4.89. The SMILES string of the molecule is CCC1=C(C#N)C(=C(C#N)C#N)OC1(c1ccccc1)C(F)(F)F. The summed E-state index contributed by atoms with van der Waals surface area (Å²) in [7, 11) is 0. The van der Waals surface area contributed by atoms with Crippen molar-refractivity contribution in [2.24, 2.45) is 0 Å². The van der Waals surface area contributed by atoms with Gasteiger partial charge in [-0.15, -0.1) is 0 Å². The van der Waals surface area contributed by atoms with Crippen molar-refractivity contribution in [2.75, 3.05) is 0 Å². The molecule has 120 valence electrons. The van der Waals surface area contributed by atoms with Gasteiger partial charge in [-0.1, -0.05) is 37.3 Å². The van der Waals surface area contributed by atoms with E-state index in [1.54, 1.807) is 12.1 Å². The summed E-state index contributed by atoms with van der Waals surface area (Å²) in [5, 5.41) is 27.3. The summed E-state index contributed by atoms with van der Waals surface area (Å²) in [4.78, 5) is 0. The molecule has 0 saturated heterocycles. The van der Waals surface area contributed by atoms with Gasteiger partial charge >= 0.3 is 6.18 Å². The summed E-state index contributed by atoms with van der Waals surface area (Å²) >= 11 is 0. The Morgan fingerprint density at radius 3 is 2.12 bits per heavy atom. The second kappa shape index (κ2) is 6.10. The molecule has 0 saturated carbocycles. The lowest BCUT2D eigenvalue weighted by Gasteiger charge is -2.34. The number of halogens is 3. The molecule has 1 aliphatic heterocycles. The molecule has 0 amide bonds. The highest BCUT2D eigenvalue weighted by molar-refractivity contribution is 5.60. The molecule has 4 nitrogen and oxygen atoms in total. The summed E-state index contributed by atoms with van der Waals surface area (Å²) in [6.45, 7) is 1.46. The molecule has 1 aliphatic rings. The zero-order valence-corrected chi connectivity index (χ0v) is 12.5. The van der Waals surface area contributed by atoms with Crippen LogP contribution in [0.25, 0.3) is 0 Å². The minimum atomic E-state index is -4.89. The molecule has 0 aromatic heterocycles. The first-order valence-electron chi connectivity index (χ1n) is 6.87. The van der Waals surface area contributed by atoms with E-state index in [1.807, 2.05) is 0 Å². The van der Waals surface area contributed by atoms with Gasteiger partial charge in [-0.3, -0.25) is 0 Å². The van der Waals surface area contributed by atoms with Crippen LogP contribution in [0.1, 0.15) is 18.9 Å². The monoisotopic (exact) mass is 329 g/mol. The van der Waals surface area contributed by atoms with Crippen LogP contribution in [0.3, 0.4) is 0 Å². The topological polar surface area (TPSA) is 80.6 Å². The number of hydrogen-bond acceptors (Lipinski definition) is 4. The Balaban J connectivity index is 2.93. The van der Waals surface area contributed by atoms with E-state index < -0.39 is 28.7 Å². The van der Waals surface area contributed by atoms with Crippen LogP contribution in [0.15, 0.2) is 52.8 Å². The molecule has 2 rings (SSSR count). The summed E-state index contributed by atoms with van der Waals surface area (Å²) < 4.78 is 47.3. The van der Waals surface area contributed by atoms with E-state index in [0.717, 1.165) is 0 Å². The lowest BCUT2D eigenvalue weighted by Crippen LogP contribution is -2.44. The van der Waals surface area contributed by atoms with Crippen LogP contribution in [-0.4, -0.2) is 6.18 Å². The molecule has 0 fully saturated rings. The standard InChI is InChI=1S/C17H10F3N3O/c1-2-14-13(10-23)15(11(8-21)9-22)24-16(14,17(18,19)20)12-6-4-3-5-7-12/h3-7H,2H2,1H3. The Kier molecular flexibility index (Phi) is 4.35. The highest BCUT2D eigenvalue weighted by Gasteiger charge is 2.65. The molecule has 1 aromatic rings. The zero-order chi connectivity index (χ0) is 18.0. The molecular weight excluding hydrogens is 319 g/mol. The van der Waals surface area contributed by atoms with Crippen LogP contribution in [0.5, 0.6) is 0 Å². The van der Waals surface area contributed by atoms with Crippen LogP contribution < -0.4 is 0 Å². The molecule has 1 heterocycles. The molecule has 0 N–H and O–H groups in total. The maximum absolute atomic E-state index is 14.0. The van der Waals surface area contributed by atoms with Gasteiger partial charge in [0.1, 0.15) is 23.8 Å². The second-order valence-corrected chi connectivity index (χ2v) is 4.89. The van der Waals surface area contributed by atoms with Gasteiger partial charge in [0, 0.05) is 11.1 Å². The number of allylic oxidation sites excluding steroid dienone is 2. The van der Waals surface area contributed by atoms with Crippen LogP contribution in [0.2, 0.25) is 0 Å². The first-order valence-corrected chi connectivity index (χ1v) is 6.87. The van der Waals surface area contributed by atoms with Crippen LogP contribution in [0.4, 0.5) is 13.2 Å². The minimum absolute atomic E-state index is 0.134. The molecular formula is C17H10F3N3O. The Morgan fingerprint density at radius 2 is 1.71 bits per heavy atom. The van der Waals surface area contributed by atoms with E-state index in [1.165, 1.54) is 43.3 Å². The van der Waals surface area contributed by atoms with Crippen LogP contribution in [0, 0.1) is 34.0 Å². The molecule has 0 bridgehead atoms. The first kappa shape index (κ1) is 17.1. The van der Waals surface area contributed by atoms with E-state index in [9.17, 15) is 18.4 Å². The van der Waals surface area contributed by atoms with Gasteiger partial charge in [0.15, 0.2) is 11.3 Å². The number of nitriles is 3. The van der Waals surface area contributed by atoms with Crippen molar-refractivity contribution in [1.82, 2.24) is 0 Å². The first-order chi connectivity index (χ1) is 11.4. The van der Waals surface area contributed by atoms with E-state index in [0.29, 0.717) is 0 Å². The van der Waals surface area contributed by atoms with Gasteiger partial charge in [-0.25, -0.2) is 0 Å².